The number of amides is 1. The summed E-state index contributed by atoms with van der Waals surface area (Å²) in [4.78, 5) is 26.2. The largest absolute Gasteiger partial charge is 0.481 e. The fraction of sp³-hybridized carbons (Fsp3) is 0.579. The number of carbonyl (C=O) groups excluding carboxylic acids is 1. The fourth-order valence-electron chi connectivity index (χ4n) is 4.92. The summed E-state index contributed by atoms with van der Waals surface area (Å²) in [6.07, 6.45) is 4.82. The number of benzene rings is 1. The highest BCUT2D eigenvalue weighted by Gasteiger charge is 2.51. The standard InChI is InChI=1S/C19H23NO3/c21-18(14-9-10-15(14)19(22)23)20-11-16(12-5-2-1-3-6-12)13-7-4-8-17(13)20/h1-3,5-6,13-17H,4,7-11H2,(H,22,23). The molecule has 2 aliphatic carbocycles. The zero-order valence-corrected chi connectivity index (χ0v) is 13.2. The van der Waals surface area contributed by atoms with Crippen LogP contribution in [-0.4, -0.2) is 34.5 Å². The van der Waals surface area contributed by atoms with E-state index >= 15 is 0 Å². The molecule has 5 unspecified atom stereocenters. The van der Waals surface area contributed by atoms with Crippen LogP contribution in [0, 0.1) is 17.8 Å². The quantitative estimate of drug-likeness (QED) is 0.933. The Morgan fingerprint density at radius 2 is 1.74 bits per heavy atom. The molecule has 122 valence electrons. The Kier molecular flexibility index (Phi) is 3.63. The monoisotopic (exact) mass is 313 g/mol. The van der Waals surface area contributed by atoms with Crippen molar-refractivity contribution in [2.75, 3.05) is 6.54 Å². The van der Waals surface area contributed by atoms with E-state index in [9.17, 15) is 14.7 Å². The van der Waals surface area contributed by atoms with Crippen molar-refractivity contribution >= 4 is 11.9 Å². The van der Waals surface area contributed by atoms with Gasteiger partial charge in [0.05, 0.1) is 11.8 Å². The molecule has 2 saturated carbocycles. The second-order valence-electron chi connectivity index (χ2n) is 7.30. The first-order chi connectivity index (χ1) is 11.2. The van der Waals surface area contributed by atoms with Gasteiger partial charge in [-0.05, 0) is 37.2 Å². The summed E-state index contributed by atoms with van der Waals surface area (Å²) in [5.41, 5.74) is 1.32. The van der Waals surface area contributed by atoms with Gasteiger partial charge in [0, 0.05) is 18.5 Å². The molecule has 5 atom stereocenters. The predicted molar refractivity (Wildman–Crippen MR) is 85.9 cm³/mol. The number of hydrogen-bond acceptors (Lipinski definition) is 2. The van der Waals surface area contributed by atoms with Crippen molar-refractivity contribution in [1.29, 1.82) is 0 Å². The second kappa shape index (κ2) is 5.66. The molecule has 3 aliphatic rings. The molecule has 4 nitrogen and oxygen atoms in total. The smallest absolute Gasteiger partial charge is 0.307 e. The SMILES string of the molecule is O=C(O)C1CCC1C(=O)N1CC(c2ccccc2)C2CCCC21. The van der Waals surface area contributed by atoms with Crippen molar-refractivity contribution in [2.24, 2.45) is 17.8 Å². The van der Waals surface area contributed by atoms with Crippen LogP contribution in [-0.2, 0) is 9.59 Å². The molecule has 4 rings (SSSR count). The van der Waals surface area contributed by atoms with Gasteiger partial charge in [0.1, 0.15) is 0 Å². The number of nitrogens with zero attached hydrogens (tertiary/aromatic N) is 1. The number of hydrogen-bond donors (Lipinski definition) is 1. The Balaban J connectivity index is 1.56. The molecular weight excluding hydrogens is 290 g/mol. The molecule has 0 aromatic heterocycles. The molecule has 3 fully saturated rings. The first-order valence-corrected chi connectivity index (χ1v) is 8.75. The van der Waals surface area contributed by atoms with E-state index in [0.717, 1.165) is 19.4 Å². The first kappa shape index (κ1) is 14.7. The topological polar surface area (TPSA) is 57.6 Å². The molecule has 1 heterocycles. The van der Waals surface area contributed by atoms with Crippen LogP contribution in [0.4, 0.5) is 0 Å². The molecule has 0 spiro atoms. The third-order valence-corrected chi connectivity index (χ3v) is 6.26. The van der Waals surface area contributed by atoms with Crippen molar-refractivity contribution in [3.8, 4) is 0 Å². The van der Waals surface area contributed by atoms with Crippen LogP contribution in [0.2, 0.25) is 0 Å². The van der Waals surface area contributed by atoms with Crippen molar-refractivity contribution in [1.82, 2.24) is 4.90 Å². The summed E-state index contributed by atoms with van der Waals surface area (Å²) < 4.78 is 0. The Labute approximate surface area is 136 Å². The number of rotatable bonds is 3. The van der Waals surface area contributed by atoms with E-state index in [1.54, 1.807) is 0 Å². The summed E-state index contributed by atoms with van der Waals surface area (Å²) in [5.74, 6) is -0.502. The van der Waals surface area contributed by atoms with Crippen LogP contribution >= 0.6 is 0 Å². The van der Waals surface area contributed by atoms with Gasteiger partial charge >= 0.3 is 5.97 Å². The molecule has 1 aromatic carbocycles. The normalized spacial score (nSPS) is 35.7. The minimum Gasteiger partial charge on any atom is -0.481 e. The molecule has 0 radical (unpaired) electrons. The van der Waals surface area contributed by atoms with Gasteiger partial charge in [-0.2, -0.15) is 0 Å². The van der Waals surface area contributed by atoms with Gasteiger partial charge in [0.25, 0.3) is 0 Å². The first-order valence-electron chi connectivity index (χ1n) is 8.75. The highest BCUT2D eigenvalue weighted by atomic mass is 16.4. The molecule has 0 bridgehead atoms. The molecule has 23 heavy (non-hydrogen) atoms. The average Bonchev–Trinajstić information content (AvgIpc) is 3.07. The highest BCUT2D eigenvalue weighted by Crippen LogP contribution is 2.48. The zero-order valence-electron chi connectivity index (χ0n) is 13.2. The van der Waals surface area contributed by atoms with Crippen LogP contribution in [0.3, 0.4) is 0 Å². The highest BCUT2D eigenvalue weighted by molar-refractivity contribution is 5.87. The van der Waals surface area contributed by atoms with E-state index in [2.05, 4.69) is 24.3 Å². The summed E-state index contributed by atoms with van der Waals surface area (Å²) in [6.45, 7) is 0.765. The van der Waals surface area contributed by atoms with Crippen molar-refractivity contribution in [3.63, 3.8) is 0 Å². The maximum atomic E-state index is 12.9. The van der Waals surface area contributed by atoms with E-state index in [0.29, 0.717) is 24.3 Å². The lowest BCUT2D eigenvalue weighted by molar-refractivity contribution is -0.157. The molecule has 1 aliphatic heterocycles. The minimum atomic E-state index is -0.809. The lowest BCUT2D eigenvalue weighted by Gasteiger charge is -2.37. The van der Waals surface area contributed by atoms with Gasteiger partial charge in [-0.3, -0.25) is 9.59 Å². The maximum Gasteiger partial charge on any atom is 0.307 e. The third kappa shape index (κ3) is 2.35. The molecular formula is C19H23NO3. The molecule has 1 amide bonds. The Bertz CT molecular complexity index is 614. The van der Waals surface area contributed by atoms with Gasteiger partial charge in [-0.25, -0.2) is 0 Å². The van der Waals surface area contributed by atoms with Crippen molar-refractivity contribution < 1.29 is 14.7 Å². The van der Waals surface area contributed by atoms with Crippen LogP contribution in [0.15, 0.2) is 30.3 Å². The van der Waals surface area contributed by atoms with Crippen LogP contribution in [0.5, 0.6) is 0 Å². The third-order valence-electron chi connectivity index (χ3n) is 6.26. The number of carboxylic acid groups (broad SMARTS) is 1. The lowest BCUT2D eigenvalue weighted by atomic mass is 9.73. The van der Waals surface area contributed by atoms with Gasteiger partial charge in [-0.1, -0.05) is 36.8 Å². The van der Waals surface area contributed by atoms with Crippen molar-refractivity contribution in [3.05, 3.63) is 35.9 Å². The molecule has 1 saturated heterocycles. The van der Waals surface area contributed by atoms with Gasteiger partial charge in [-0.15, -0.1) is 0 Å². The van der Waals surface area contributed by atoms with E-state index in [4.69, 9.17) is 0 Å². The summed E-state index contributed by atoms with van der Waals surface area (Å²) in [5, 5.41) is 9.24. The van der Waals surface area contributed by atoms with Crippen LogP contribution in [0.1, 0.15) is 43.6 Å². The van der Waals surface area contributed by atoms with Gasteiger partial charge in [0.15, 0.2) is 0 Å². The Hall–Kier alpha value is -1.84. The predicted octanol–water partition coefficient (Wildman–Crippen LogP) is 2.89. The number of fused-ring (bicyclic) bond motifs is 1. The number of likely N-dealkylation sites (tertiary alicyclic amines) is 1. The van der Waals surface area contributed by atoms with Crippen molar-refractivity contribution in [2.45, 2.75) is 44.1 Å². The summed E-state index contributed by atoms with van der Waals surface area (Å²) in [7, 11) is 0. The Morgan fingerprint density at radius 3 is 2.39 bits per heavy atom. The average molecular weight is 313 g/mol. The van der Waals surface area contributed by atoms with Gasteiger partial charge < -0.3 is 10.0 Å². The van der Waals surface area contributed by atoms with E-state index < -0.39 is 11.9 Å². The Morgan fingerprint density at radius 1 is 1.00 bits per heavy atom. The van der Waals surface area contributed by atoms with E-state index in [1.165, 1.54) is 18.4 Å². The number of aliphatic carboxylic acids is 1. The summed E-state index contributed by atoms with van der Waals surface area (Å²) >= 11 is 0. The van der Waals surface area contributed by atoms with Crippen LogP contribution in [0.25, 0.3) is 0 Å². The van der Waals surface area contributed by atoms with E-state index in [1.807, 2.05) is 11.0 Å². The maximum absolute atomic E-state index is 12.9. The second-order valence-corrected chi connectivity index (χ2v) is 7.30. The summed E-state index contributed by atoms with van der Waals surface area (Å²) in [6, 6.07) is 10.8. The molecule has 1 N–H and O–H groups in total. The van der Waals surface area contributed by atoms with Crippen LogP contribution < -0.4 is 0 Å². The minimum absolute atomic E-state index is 0.0963. The number of carbonyl (C=O) groups is 2. The van der Waals surface area contributed by atoms with Gasteiger partial charge in [0.2, 0.25) is 5.91 Å². The zero-order chi connectivity index (χ0) is 16.0. The molecule has 1 aromatic rings. The lowest BCUT2D eigenvalue weighted by Crippen LogP contribution is -2.47. The van der Waals surface area contributed by atoms with E-state index in [-0.39, 0.29) is 11.8 Å². The molecule has 4 heteroatoms. The fourth-order valence-corrected chi connectivity index (χ4v) is 4.92. The number of carboxylic acids is 1.